The molecule has 26 heavy (non-hydrogen) atoms. The number of carbonyl (C=O) groups is 1. The van der Waals surface area contributed by atoms with Crippen molar-refractivity contribution < 1.29 is 14.3 Å². The van der Waals surface area contributed by atoms with Gasteiger partial charge >= 0.3 is 0 Å². The molecule has 1 amide bonds. The lowest BCUT2D eigenvalue weighted by Gasteiger charge is -2.08. The molecule has 4 aromatic rings. The number of para-hydroxylation sites is 1. The van der Waals surface area contributed by atoms with E-state index in [0.29, 0.717) is 16.3 Å². The minimum absolute atomic E-state index is 0.0397. The lowest BCUT2D eigenvalue weighted by molar-refractivity contribution is 0.102. The number of rotatable bonds is 3. The third-order valence-corrected chi connectivity index (χ3v) is 4.97. The van der Waals surface area contributed by atoms with Gasteiger partial charge in [-0.15, -0.1) is 11.3 Å². The predicted molar refractivity (Wildman–Crippen MR) is 101 cm³/mol. The highest BCUT2D eigenvalue weighted by molar-refractivity contribution is 7.21. The Morgan fingerprint density at radius 3 is 2.62 bits per heavy atom. The first-order valence-corrected chi connectivity index (χ1v) is 8.68. The van der Waals surface area contributed by atoms with Crippen molar-refractivity contribution in [1.82, 2.24) is 4.98 Å². The molecule has 4 rings (SSSR count). The fourth-order valence-corrected chi connectivity index (χ4v) is 3.61. The molecule has 0 bridgehead atoms. The van der Waals surface area contributed by atoms with Gasteiger partial charge in [0.2, 0.25) is 0 Å². The minimum Gasteiger partial charge on any atom is -0.507 e. The summed E-state index contributed by atoms with van der Waals surface area (Å²) in [4.78, 5) is 16.8. The molecule has 128 valence electrons. The summed E-state index contributed by atoms with van der Waals surface area (Å²) in [5, 5.41) is 13.5. The summed E-state index contributed by atoms with van der Waals surface area (Å²) in [6.45, 7) is 0. The molecule has 0 spiro atoms. The molecule has 3 aromatic carbocycles. The number of benzene rings is 3. The van der Waals surface area contributed by atoms with Crippen molar-refractivity contribution in [2.24, 2.45) is 0 Å². The highest BCUT2D eigenvalue weighted by Crippen LogP contribution is 2.36. The number of anilines is 1. The summed E-state index contributed by atoms with van der Waals surface area (Å²) >= 11 is 1.45. The maximum atomic E-state index is 13.8. The van der Waals surface area contributed by atoms with E-state index in [1.165, 1.54) is 35.6 Å². The number of fused-ring (bicyclic) bond motifs is 1. The summed E-state index contributed by atoms with van der Waals surface area (Å²) in [5.41, 5.74) is 1.76. The van der Waals surface area contributed by atoms with Crippen LogP contribution in [0.25, 0.3) is 20.8 Å². The van der Waals surface area contributed by atoms with Crippen LogP contribution in [0.2, 0.25) is 0 Å². The van der Waals surface area contributed by atoms with E-state index in [1.54, 1.807) is 18.2 Å². The fraction of sp³-hybridized carbons (Fsp3) is 0. The molecule has 0 aliphatic heterocycles. The molecule has 0 radical (unpaired) electrons. The predicted octanol–water partition coefficient (Wildman–Crippen LogP) is 5.06. The number of carbonyl (C=O) groups excluding carboxylic acids is 1. The largest absolute Gasteiger partial charge is 0.507 e. The van der Waals surface area contributed by atoms with Crippen LogP contribution in [-0.2, 0) is 0 Å². The Morgan fingerprint density at radius 2 is 1.81 bits per heavy atom. The molecule has 4 nitrogen and oxygen atoms in total. The lowest BCUT2D eigenvalue weighted by Crippen LogP contribution is -2.13. The second kappa shape index (κ2) is 6.57. The number of halogens is 1. The van der Waals surface area contributed by atoms with Gasteiger partial charge in [0.1, 0.15) is 16.6 Å². The molecule has 1 aromatic heterocycles. The highest BCUT2D eigenvalue weighted by atomic mass is 32.1. The number of hydrogen-bond donors (Lipinski definition) is 2. The van der Waals surface area contributed by atoms with Crippen LogP contribution in [0.15, 0.2) is 66.7 Å². The topological polar surface area (TPSA) is 62.2 Å². The van der Waals surface area contributed by atoms with E-state index in [1.807, 2.05) is 24.3 Å². The van der Waals surface area contributed by atoms with Crippen molar-refractivity contribution in [2.45, 2.75) is 0 Å². The fourth-order valence-electron chi connectivity index (χ4n) is 2.62. The van der Waals surface area contributed by atoms with Gasteiger partial charge in [0.15, 0.2) is 0 Å². The van der Waals surface area contributed by atoms with Crippen LogP contribution in [0.4, 0.5) is 10.1 Å². The molecule has 1 heterocycles. The van der Waals surface area contributed by atoms with Crippen LogP contribution in [-0.4, -0.2) is 16.0 Å². The van der Waals surface area contributed by atoms with Gasteiger partial charge in [-0.2, -0.15) is 0 Å². The van der Waals surface area contributed by atoms with Crippen LogP contribution >= 0.6 is 11.3 Å². The number of amides is 1. The third-order valence-electron chi connectivity index (χ3n) is 3.90. The summed E-state index contributed by atoms with van der Waals surface area (Å²) in [6.07, 6.45) is 0. The van der Waals surface area contributed by atoms with Gasteiger partial charge in [-0.3, -0.25) is 4.79 Å². The Labute approximate surface area is 152 Å². The van der Waals surface area contributed by atoms with Crippen molar-refractivity contribution in [2.75, 3.05) is 5.32 Å². The number of thiazole rings is 1. The Hall–Kier alpha value is -3.25. The van der Waals surface area contributed by atoms with E-state index in [-0.39, 0.29) is 11.3 Å². The Bertz CT molecular complexity index is 1090. The summed E-state index contributed by atoms with van der Waals surface area (Å²) in [5.74, 6) is -1.08. The standard InChI is InChI=1S/C20H13FN2O2S/c21-15-6-2-1-5-13(15)19(25)22-12-9-10-17(24)14(11-12)20-23-16-7-3-4-8-18(16)26-20/h1-11,24H,(H,22,25). The zero-order valence-corrected chi connectivity index (χ0v) is 14.3. The van der Waals surface area contributed by atoms with Gasteiger partial charge in [-0.25, -0.2) is 9.37 Å². The first-order chi connectivity index (χ1) is 12.6. The Balaban J connectivity index is 1.68. The van der Waals surface area contributed by atoms with Crippen LogP contribution < -0.4 is 5.32 Å². The summed E-state index contributed by atoms with van der Waals surface area (Å²) < 4.78 is 14.8. The van der Waals surface area contributed by atoms with E-state index in [9.17, 15) is 14.3 Å². The van der Waals surface area contributed by atoms with Crippen LogP contribution in [0.1, 0.15) is 10.4 Å². The van der Waals surface area contributed by atoms with E-state index in [4.69, 9.17) is 0 Å². The molecule has 0 fully saturated rings. The van der Waals surface area contributed by atoms with Gasteiger partial charge in [-0.05, 0) is 42.5 Å². The van der Waals surface area contributed by atoms with Crippen molar-refractivity contribution in [3.63, 3.8) is 0 Å². The van der Waals surface area contributed by atoms with Gasteiger partial charge in [0.25, 0.3) is 5.91 Å². The van der Waals surface area contributed by atoms with Crippen molar-refractivity contribution in [3.8, 4) is 16.3 Å². The zero-order chi connectivity index (χ0) is 18.1. The van der Waals surface area contributed by atoms with Crippen molar-refractivity contribution >= 4 is 33.1 Å². The molecule has 0 aliphatic rings. The molecule has 0 saturated heterocycles. The molecule has 0 aliphatic carbocycles. The highest BCUT2D eigenvalue weighted by Gasteiger charge is 2.14. The molecular weight excluding hydrogens is 351 g/mol. The zero-order valence-electron chi connectivity index (χ0n) is 13.4. The molecular formula is C20H13FN2O2S. The van der Waals surface area contributed by atoms with E-state index >= 15 is 0 Å². The maximum absolute atomic E-state index is 13.8. The first-order valence-electron chi connectivity index (χ1n) is 7.86. The quantitative estimate of drug-likeness (QED) is 0.500. The second-order valence-electron chi connectivity index (χ2n) is 5.65. The first kappa shape index (κ1) is 16.2. The van der Waals surface area contributed by atoms with Crippen LogP contribution in [0, 0.1) is 5.82 Å². The van der Waals surface area contributed by atoms with E-state index in [2.05, 4.69) is 10.3 Å². The monoisotopic (exact) mass is 364 g/mol. The van der Waals surface area contributed by atoms with Gasteiger partial charge in [0, 0.05) is 5.69 Å². The smallest absolute Gasteiger partial charge is 0.258 e. The number of hydrogen-bond acceptors (Lipinski definition) is 4. The number of nitrogens with zero attached hydrogens (tertiary/aromatic N) is 1. The van der Waals surface area contributed by atoms with E-state index < -0.39 is 11.7 Å². The molecule has 0 atom stereocenters. The SMILES string of the molecule is O=C(Nc1ccc(O)c(-c2nc3ccccc3s2)c1)c1ccccc1F. The van der Waals surface area contributed by atoms with Gasteiger partial charge in [-0.1, -0.05) is 24.3 Å². The second-order valence-corrected chi connectivity index (χ2v) is 6.68. The number of phenols is 1. The molecule has 0 unspecified atom stereocenters. The van der Waals surface area contributed by atoms with Crippen LogP contribution in [0.3, 0.4) is 0 Å². The maximum Gasteiger partial charge on any atom is 0.258 e. The molecule has 2 N–H and O–H groups in total. The number of aromatic hydroxyl groups is 1. The van der Waals surface area contributed by atoms with Crippen LogP contribution in [0.5, 0.6) is 5.75 Å². The van der Waals surface area contributed by atoms with Crippen molar-refractivity contribution in [1.29, 1.82) is 0 Å². The number of nitrogens with one attached hydrogen (secondary N) is 1. The third kappa shape index (κ3) is 3.02. The lowest BCUT2D eigenvalue weighted by atomic mass is 10.1. The normalized spacial score (nSPS) is 10.8. The van der Waals surface area contributed by atoms with E-state index in [0.717, 1.165) is 10.2 Å². The molecule has 6 heteroatoms. The van der Waals surface area contributed by atoms with Gasteiger partial charge in [0.05, 0.1) is 21.3 Å². The minimum atomic E-state index is -0.588. The average Bonchev–Trinajstić information content (AvgIpc) is 3.07. The Kier molecular flexibility index (Phi) is 4.10. The number of phenolic OH excluding ortho intramolecular Hbond substituents is 1. The Morgan fingerprint density at radius 1 is 1.04 bits per heavy atom. The van der Waals surface area contributed by atoms with Gasteiger partial charge < -0.3 is 10.4 Å². The summed E-state index contributed by atoms with van der Waals surface area (Å²) in [7, 11) is 0. The molecule has 0 saturated carbocycles. The number of aromatic nitrogens is 1. The van der Waals surface area contributed by atoms with Crippen molar-refractivity contribution in [3.05, 3.63) is 78.1 Å². The summed E-state index contributed by atoms with van der Waals surface area (Å²) in [6, 6.07) is 18.1. The average molecular weight is 364 g/mol.